The molecule has 2 aliphatic carbocycles. The fourth-order valence-corrected chi connectivity index (χ4v) is 29.1. The number of hydrogen-bond donors (Lipinski definition) is 0. The average Bonchev–Trinajstić information content (AvgIpc) is 3.22. The van der Waals surface area contributed by atoms with Gasteiger partial charge < -0.3 is 0 Å². The Balaban J connectivity index is 1.93. The predicted molar refractivity (Wildman–Crippen MR) is 132 cm³/mol. The van der Waals surface area contributed by atoms with Gasteiger partial charge in [0.05, 0.1) is 0 Å². The summed E-state index contributed by atoms with van der Waals surface area (Å²) >= 11 is -1.98. The van der Waals surface area contributed by atoms with Crippen molar-refractivity contribution in [3.63, 3.8) is 0 Å². The summed E-state index contributed by atoms with van der Waals surface area (Å²) in [6, 6.07) is 18.6. The molecule has 0 spiro atoms. The number of benzene rings is 2. The van der Waals surface area contributed by atoms with Gasteiger partial charge in [-0.3, -0.25) is 0 Å². The molecule has 0 N–H and O–H groups in total. The van der Waals surface area contributed by atoms with Crippen LogP contribution in [0.3, 0.4) is 0 Å². The third-order valence-electron chi connectivity index (χ3n) is 6.92. The minimum atomic E-state index is -1.98. The van der Waals surface area contributed by atoms with Crippen LogP contribution in [0, 0.1) is 10.8 Å². The number of fused-ring (bicyclic) bond motifs is 2. The normalized spacial score (nSPS) is 20.7. The molecule has 2 aromatic carbocycles. The quantitative estimate of drug-likeness (QED) is 0.381. The van der Waals surface area contributed by atoms with Crippen molar-refractivity contribution in [3.8, 4) is 0 Å². The molecule has 0 heterocycles. The van der Waals surface area contributed by atoms with Crippen LogP contribution in [0.5, 0.6) is 0 Å². The van der Waals surface area contributed by atoms with Crippen LogP contribution in [-0.4, -0.2) is 5.92 Å². The van der Waals surface area contributed by atoms with Crippen molar-refractivity contribution in [1.29, 1.82) is 0 Å². The summed E-state index contributed by atoms with van der Waals surface area (Å²) in [7, 11) is 0. The summed E-state index contributed by atoms with van der Waals surface area (Å²) in [5, 5.41) is 0. The number of rotatable bonds is 3. The van der Waals surface area contributed by atoms with Gasteiger partial charge >= 0.3 is 194 Å². The Morgan fingerprint density at radius 3 is 1.33 bits per heavy atom. The Hall–Kier alpha value is -0.980. The molecule has 0 amide bonds. The van der Waals surface area contributed by atoms with Crippen LogP contribution >= 0.6 is 0 Å². The Bertz CT molecular complexity index is 934. The third kappa shape index (κ3) is 3.84. The van der Waals surface area contributed by atoms with Crippen LogP contribution < -0.4 is 0 Å². The van der Waals surface area contributed by atoms with E-state index in [2.05, 4.69) is 115 Å². The van der Waals surface area contributed by atoms with Crippen molar-refractivity contribution >= 4 is 18.1 Å². The standard InChI is InChI=1S/2C13H15.C2H7Si.Zr/c2*1-13(2,3)12-8-10-6-4-5-7-11(10)9-12;1-3-2;/h2*4-9H,1-3H3;3H,1-2H3;. The van der Waals surface area contributed by atoms with Gasteiger partial charge in [0.1, 0.15) is 0 Å². The van der Waals surface area contributed by atoms with E-state index < -0.39 is 26.8 Å². The molecule has 4 rings (SSSR count). The molecule has 2 aliphatic rings. The molecule has 157 valence electrons. The zero-order valence-corrected chi connectivity index (χ0v) is 23.6. The van der Waals surface area contributed by atoms with Gasteiger partial charge in [0.2, 0.25) is 0 Å². The van der Waals surface area contributed by atoms with Crippen molar-refractivity contribution < 1.29 is 20.9 Å². The molecule has 0 saturated carbocycles. The van der Waals surface area contributed by atoms with Gasteiger partial charge in [-0.2, -0.15) is 0 Å². The fraction of sp³-hybridized carbons (Fsp3) is 0.429. The molecule has 30 heavy (non-hydrogen) atoms. The van der Waals surface area contributed by atoms with E-state index in [1.807, 2.05) is 0 Å². The summed E-state index contributed by atoms with van der Waals surface area (Å²) in [6.07, 6.45) is 5.14. The number of hydrogen-bond acceptors (Lipinski definition) is 0. The van der Waals surface area contributed by atoms with Crippen molar-refractivity contribution in [3.05, 3.63) is 81.9 Å². The molecule has 0 nitrogen and oxygen atoms in total. The van der Waals surface area contributed by atoms with Crippen LogP contribution in [-0.2, 0) is 20.9 Å². The average molecular weight is 493 g/mol. The molecule has 0 aliphatic heterocycles. The van der Waals surface area contributed by atoms with Gasteiger partial charge in [-0.05, 0) is 0 Å². The summed E-state index contributed by atoms with van der Waals surface area (Å²) in [5.74, 6) is -0.815. The van der Waals surface area contributed by atoms with Crippen LogP contribution in [0.2, 0.25) is 13.1 Å². The zero-order valence-electron chi connectivity index (χ0n) is 20.0. The molecule has 0 aromatic heterocycles. The Labute approximate surface area is 192 Å². The molecule has 2 atom stereocenters. The molecule has 0 fully saturated rings. The Morgan fingerprint density at radius 1 is 0.633 bits per heavy atom. The van der Waals surface area contributed by atoms with Gasteiger partial charge in [0.25, 0.3) is 0 Å². The van der Waals surface area contributed by atoms with Crippen molar-refractivity contribution in [1.82, 2.24) is 0 Å². The van der Waals surface area contributed by atoms with Crippen LogP contribution in [0.25, 0.3) is 12.2 Å². The fourth-order valence-electron chi connectivity index (χ4n) is 5.50. The summed E-state index contributed by atoms with van der Waals surface area (Å²) in [4.78, 5) is 0. The number of allylic oxidation sites excluding steroid dienone is 2. The Kier molecular flexibility index (Phi) is 5.82. The maximum absolute atomic E-state index is 2.66. The molecule has 0 radical (unpaired) electrons. The molecule has 2 aromatic rings. The topological polar surface area (TPSA) is 0 Å². The van der Waals surface area contributed by atoms with Gasteiger partial charge in [-0.25, -0.2) is 0 Å². The van der Waals surface area contributed by atoms with E-state index in [1.54, 1.807) is 22.3 Å². The predicted octanol–water partition coefficient (Wildman–Crippen LogP) is 7.96. The first-order valence-electron chi connectivity index (χ1n) is 11.5. The van der Waals surface area contributed by atoms with E-state index in [0.717, 1.165) is 7.25 Å². The van der Waals surface area contributed by atoms with Crippen LogP contribution in [0.4, 0.5) is 0 Å². The minimum absolute atomic E-state index is 0.225. The maximum atomic E-state index is 2.66. The molecular weight excluding hydrogens is 456 g/mol. The second kappa shape index (κ2) is 7.86. The molecule has 0 bridgehead atoms. The monoisotopic (exact) mass is 491 g/mol. The summed E-state index contributed by atoms with van der Waals surface area (Å²) in [5.41, 5.74) is 10.2. The van der Waals surface area contributed by atoms with E-state index in [1.165, 1.54) is 11.1 Å². The zero-order chi connectivity index (χ0) is 21.8. The van der Waals surface area contributed by atoms with E-state index in [-0.39, 0.29) is 10.8 Å². The van der Waals surface area contributed by atoms with Gasteiger partial charge in [0, 0.05) is 0 Å². The molecule has 0 saturated heterocycles. The van der Waals surface area contributed by atoms with Crippen molar-refractivity contribution in [2.75, 3.05) is 0 Å². The summed E-state index contributed by atoms with van der Waals surface area (Å²) in [6.45, 7) is 19.9. The molecular formula is C28H37SiZr. The van der Waals surface area contributed by atoms with Crippen LogP contribution in [0.1, 0.15) is 71.0 Å². The van der Waals surface area contributed by atoms with Crippen molar-refractivity contribution in [2.45, 2.75) is 61.9 Å². The SMILES string of the molecule is C[SiH](C)[Zr]([CH]1C(C(C)(C)C)=Cc2ccccc21)[CH]1C(C(C)(C)C)=Cc2ccccc21. The van der Waals surface area contributed by atoms with E-state index in [4.69, 9.17) is 0 Å². The second-order valence-corrected chi connectivity index (χ2v) is 31.5. The van der Waals surface area contributed by atoms with Crippen molar-refractivity contribution in [2.24, 2.45) is 10.8 Å². The van der Waals surface area contributed by atoms with E-state index in [0.29, 0.717) is 0 Å². The van der Waals surface area contributed by atoms with Gasteiger partial charge in [0.15, 0.2) is 0 Å². The first-order chi connectivity index (χ1) is 14.0. The first kappa shape index (κ1) is 22.2. The summed E-state index contributed by atoms with van der Waals surface area (Å²) < 4.78 is 1.44. The van der Waals surface area contributed by atoms with Gasteiger partial charge in [-0.15, -0.1) is 0 Å². The second-order valence-electron chi connectivity index (χ2n) is 11.5. The van der Waals surface area contributed by atoms with Gasteiger partial charge in [-0.1, -0.05) is 0 Å². The van der Waals surface area contributed by atoms with E-state index >= 15 is 0 Å². The third-order valence-corrected chi connectivity index (χ3v) is 28.4. The van der Waals surface area contributed by atoms with E-state index in [9.17, 15) is 0 Å². The molecule has 2 heteroatoms. The van der Waals surface area contributed by atoms with Crippen LogP contribution in [0.15, 0.2) is 59.7 Å². The first-order valence-corrected chi connectivity index (χ1v) is 21.5. The Morgan fingerprint density at radius 2 is 1.00 bits per heavy atom. The molecule has 2 unspecified atom stereocenters.